The van der Waals surface area contributed by atoms with Gasteiger partial charge in [0.15, 0.2) is 0 Å². The summed E-state index contributed by atoms with van der Waals surface area (Å²) in [6, 6.07) is 0. The van der Waals surface area contributed by atoms with Crippen molar-refractivity contribution in [3.63, 3.8) is 0 Å². The van der Waals surface area contributed by atoms with Gasteiger partial charge in [-0.1, -0.05) is 0 Å². The third-order valence-electron chi connectivity index (χ3n) is 4.61. The Bertz CT molecular complexity index is 455. The number of ether oxygens (including phenoxy) is 1. The first-order valence-electron chi connectivity index (χ1n) is 7.22. The molecule has 1 spiro atoms. The monoisotopic (exact) mass is 304 g/mol. The van der Waals surface area contributed by atoms with E-state index in [1.807, 2.05) is 4.90 Å². The number of rotatable bonds is 5. The zero-order valence-electron chi connectivity index (χ0n) is 12.3. The predicted octanol–water partition coefficient (Wildman–Crippen LogP) is 0.440. The van der Waals surface area contributed by atoms with Crippen LogP contribution in [0.1, 0.15) is 32.6 Å². The molecule has 6 nitrogen and oxygen atoms in total. The molecule has 7 heteroatoms. The summed E-state index contributed by atoms with van der Waals surface area (Å²) in [5, 5.41) is 0. The van der Waals surface area contributed by atoms with E-state index in [1.54, 1.807) is 18.3 Å². The van der Waals surface area contributed by atoms with Crippen molar-refractivity contribution in [2.24, 2.45) is 0 Å². The molecule has 0 saturated carbocycles. The second-order valence-corrected chi connectivity index (χ2v) is 7.82. The summed E-state index contributed by atoms with van der Waals surface area (Å²) in [7, 11) is -1.48. The topological polar surface area (TPSA) is 66.9 Å². The van der Waals surface area contributed by atoms with Crippen LogP contribution in [0.2, 0.25) is 0 Å². The van der Waals surface area contributed by atoms with Crippen LogP contribution >= 0.6 is 0 Å². The molecule has 1 amide bonds. The molecule has 0 unspecified atom stereocenters. The first kappa shape index (κ1) is 15.7. The SMILES string of the molecule is CCS(=O)(=O)N1CCC2(CCC(=O)N2CCOC)CC1. The molecule has 2 fully saturated rings. The van der Waals surface area contributed by atoms with Crippen molar-refractivity contribution in [2.45, 2.75) is 38.1 Å². The van der Waals surface area contributed by atoms with Crippen LogP contribution in [0.5, 0.6) is 0 Å². The summed E-state index contributed by atoms with van der Waals surface area (Å²) < 4.78 is 30.4. The van der Waals surface area contributed by atoms with Crippen molar-refractivity contribution in [1.29, 1.82) is 0 Å². The lowest BCUT2D eigenvalue weighted by Crippen LogP contribution is -2.55. The average Bonchev–Trinajstić information content (AvgIpc) is 2.74. The molecule has 2 heterocycles. The van der Waals surface area contributed by atoms with Crippen molar-refractivity contribution in [3.05, 3.63) is 0 Å². The van der Waals surface area contributed by atoms with Gasteiger partial charge in [0.2, 0.25) is 15.9 Å². The molecule has 2 aliphatic rings. The van der Waals surface area contributed by atoms with Crippen molar-refractivity contribution in [1.82, 2.24) is 9.21 Å². The molecule has 0 bridgehead atoms. The highest BCUT2D eigenvalue weighted by Crippen LogP contribution is 2.39. The Balaban J connectivity index is 2.05. The first-order chi connectivity index (χ1) is 9.45. The molecule has 0 aromatic carbocycles. The number of methoxy groups -OCH3 is 1. The summed E-state index contributed by atoms with van der Waals surface area (Å²) in [6.07, 6.45) is 2.89. The molecule has 2 rings (SSSR count). The van der Waals surface area contributed by atoms with Gasteiger partial charge in [0.25, 0.3) is 0 Å². The molecule has 0 aliphatic carbocycles. The summed E-state index contributed by atoms with van der Waals surface area (Å²) in [5.41, 5.74) is -0.143. The van der Waals surface area contributed by atoms with Gasteiger partial charge in [0.1, 0.15) is 0 Å². The van der Waals surface area contributed by atoms with Gasteiger partial charge in [0.05, 0.1) is 12.4 Å². The molecule has 2 saturated heterocycles. The summed E-state index contributed by atoms with van der Waals surface area (Å²) >= 11 is 0. The van der Waals surface area contributed by atoms with E-state index in [9.17, 15) is 13.2 Å². The quantitative estimate of drug-likeness (QED) is 0.739. The van der Waals surface area contributed by atoms with E-state index in [1.165, 1.54) is 0 Å². The van der Waals surface area contributed by atoms with E-state index in [0.717, 1.165) is 19.3 Å². The van der Waals surface area contributed by atoms with Gasteiger partial charge in [0, 0.05) is 38.7 Å². The van der Waals surface area contributed by atoms with Gasteiger partial charge < -0.3 is 9.64 Å². The highest BCUT2D eigenvalue weighted by Gasteiger charge is 2.47. The standard InChI is InChI=1S/C13H24N2O4S/c1-3-20(17,18)14-8-6-13(7-9-14)5-4-12(16)15(13)10-11-19-2/h3-11H2,1-2H3. The first-order valence-corrected chi connectivity index (χ1v) is 8.83. The van der Waals surface area contributed by atoms with Crippen LogP contribution in [0.3, 0.4) is 0 Å². The maximum Gasteiger partial charge on any atom is 0.223 e. The van der Waals surface area contributed by atoms with Crippen LogP contribution in [0.25, 0.3) is 0 Å². The van der Waals surface area contributed by atoms with E-state index >= 15 is 0 Å². The predicted molar refractivity (Wildman–Crippen MR) is 75.8 cm³/mol. The third kappa shape index (κ3) is 2.84. The lowest BCUT2D eigenvalue weighted by molar-refractivity contribution is -0.133. The average molecular weight is 304 g/mol. The van der Waals surface area contributed by atoms with Gasteiger partial charge in [-0.2, -0.15) is 0 Å². The largest absolute Gasteiger partial charge is 0.383 e. The zero-order valence-corrected chi connectivity index (χ0v) is 13.1. The molecular formula is C13H24N2O4S. The number of amides is 1. The Morgan fingerprint density at radius 1 is 1.25 bits per heavy atom. The van der Waals surface area contributed by atoms with Gasteiger partial charge in [-0.25, -0.2) is 12.7 Å². The van der Waals surface area contributed by atoms with Crippen molar-refractivity contribution >= 4 is 15.9 Å². The maximum atomic E-state index is 12.0. The van der Waals surface area contributed by atoms with Gasteiger partial charge in [-0.05, 0) is 26.2 Å². The van der Waals surface area contributed by atoms with E-state index in [0.29, 0.717) is 32.7 Å². The molecule has 116 valence electrons. The molecular weight excluding hydrogens is 280 g/mol. The van der Waals surface area contributed by atoms with E-state index in [2.05, 4.69) is 0 Å². The fourth-order valence-corrected chi connectivity index (χ4v) is 4.41. The summed E-state index contributed by atoms with van der Waals surface area (Å²) in [6.45, 7) is 3.85. The summed E-state index contributed by atoms with van der Waals surface area (Å²) in [4.78, 5) is 13.9. The number of piperidine rings is 1. The van der Waals surface area contributed by atoms with E-state index in [-0.39, 0.29) is 17.2 Å². The molecule has 0 radical (unpaired) electrons. The van der Waals surface area contributed by atoms with Gasteiger partial charge in [-0.15, -0.1) is 0 Å². The molecule has 0 atom stereocenters. The van der Waals surface area contributed by atoms with Crippen molar-refractivity contribution in [3.8, 4) is 0 Å². The van der Waals surface area contributed by atoms with Crippen LogP contribution < -0.4 is 0 Å². The number of carbonyl (C=O) groups is 1. The fourth-order valence-electron chi connectivity index (χ4n) is 3.30. The van der Waals surface area contributed by atoms with E-state index < -0.39 is 10.0 Å². The minimum Gasteiger partial charge on any atom is -0.383 e. The van der Waals surface area contributed by atoms with Gasteiger partial charge >= 0.3 is 0 Å². The van der Waals surface area contributed by atoms with Crippen LogP contribution in [-0.4, -0.2) is 68.2 Å². The highest BCUT2D eigenvalue weighted by atomic mass is 32.2. The smallest absolute Gasteiger partial charge is 0.223 e. The van der Waals surface area contributed by atoms with E-state index in [4.69, 9.17) is 4.74 Å². The number of hydrogen-bond acceptors (Lipinski definition) is 4. The number of likely N-dealkylation sites (tertiary alicyclic amines) is 1. The maximum absolute atomic E-state index is 12.0. The minimum absolute atomic E-state index is 0.143. The normalized spacial score (nSPS) is 23.7. The second-order valence-electron chi connectivity index (χ2n) is 5.56. The Hall–Kier alpha value is -0.660. The molecule has 0 aromatic heterocycles. The van der Waals surface area contributed by atoms with Crippen LogP contribution in [-0.2, 0) is 19.6 Å². The molecule has 0 aromatic rings. The number of sulfonamides is 1. The van der Waals surface area contributed by atoms with Crippen molar-refractivity contribution < 1.29 is 17.9 Å². The van der Waals surface area contributed by atoms with Crippen LogP contribution in [0.4, 0.5) is 0 Å². The molecule has 20 heavy (non-hydrogen) atoms. The number of carbonyl (C=O) groups excluding carboxylic acids is 1. The lowest BCUT2D eigenvalue weighted by atomic mass is 9.86. The molecule has 2 aliphatic heterocycles. The Labute approximate surface area is 121 Å². The Morgan fingerprint density at radius 3 is 2.45 bits per heavy atom. The van der Waals surface area contributed by atoms with Crippen LogP contribution in [0, 0.1) is 0 Å². The number of hydrogen-bond donors (Lipinski definition) is 0. The highest BCUT2D eigenvalue weighted by molar-refractivity contribution is 7.89. The summed E-state index contributed by atoms with van der Waals surface area (Å²) in [5.74, 6) is 0.320. The Morgan fingerprint density at radius 2 is 1.90 bits per heavy atom. The van der Waals surface area contributed by atoms with Gasteiger partial charge in [-0.3, -0.25) is 4.79 Å². The fraction of sp³-hybridized carbons (Fsp3) is 0.923. The lowest BCUT2D eigenvalue weighted by Gasteiger charge is -2.44. The van der Waals surface area contributed by atoms with Crippen LogP contribution in [0.15, 0.2) is 0 Å². The minimum atomic E-state index is -3.11. The Kier molecular flexibility index (Phi) is 4.71. The zero-order chi connectivity index (χ0) is 14.8. The molecule has 0 N–H and O–H groups in total. The number of nitrogens with zero attached hydrogens (tertiary/aromatic N) is 2. The second kappa shape index (κ2) is 5.99. The van der Waals surface area contributed by atoms with Crippen molar-refractivity contribution in [2.75, 3.05) is 39.1 Å². The third-order valence-corrected chi connectivity index (χ3v) is 6.49.